The SMILES string of the molecule is COC(=O)CNC(=O)C(c1cccc(C)c1C)N(C(=O)C(CCC(N)=O)NC(=O)OC(C)(C)C)C1CC1. The Balaban J connectivity index is 2.49. The van der Waals surface area contributed by atoms with E-state index in [9.17, 15) is 24.0 Å². The minimum atomic E-state index is -1.16. The van der Waals surface area contributed by atoms with Crippen LogP contribution in [0.25, 0.3) is 0 Å². The number of methoxy groups -OCH3 is 1. The van der Waals surface area contributed by atoms with Gasteiger partial charge in [-0.25, -0.2) is 4.79 Å². The number of carbonyl (C=O) groups is 5. The van der Waals surface area contributed by atoms with Crippen molar-refractivity contribution in [1.82, 2.24) is 15.5 Å². The fourth-order valence-electron chi connectivity index (χ4n) is 3.86. The van der Waals surface area contributed by atoms with E-state index in [2.05, 4.69) is 15.4 Å². The summed E-state index contributed by atoms with van der Waals surface area (Å²) in [7, 11) is 1.21. The third kappa shape index (κ3) is 8.76. The van der Waals surface area contributed by atoms with E-state index in [4.69, 9.17) is 10.5 Å². The van der Waals surface area contributed by atoms with Crippen LogP contribution in [0.1, 0.15) is 69.2 Å². The summed E-state index contributed by atoms with van der Waals surface area (Å²) in [5.41, 5.74) is 6.83. The van der Waals surface area contributed by atoms with E-state index < -0.39 is 47.5 Å². The number of amides is 4. The van der Waals surface area contributed by atoms with Crippen molar-refractivity contribution in [2.45, 2.75) is 84.0 Å². The molecule has 0 aliphatic heterocycles. The van der Waals surface area contributed by atoms with Crippen LogP contribution in [0.4, 0.5) is 4.79 Å². The summed E-state index contributed by atoms with van der Waals surface area (Å²) in [6, 6.07) is 2.93. The molecule has 1 aromatic carbocycles. The van der Waals surface area contributed by atoms with Gasteiger partial charge >= 0.3 is 12.1 Å². The number of aryl methyl sites for hydroxylation is 1. The van der Waals surface area contributed by atoms with Gasteiger partial charge in [-0.2, -0.15) is 0 Å². The molecular weight excluding hydrogens is 480 g/mol. The molecule has 4 N–H and O–H groups in total. The molecule has 1 aliphatic rings. The molecule has 0 saturated heterocycles. The Morgan fingerprint density at radius 2 is 1.78 bits per heavy atom. The number of hydrogen-bond acceptors (Lipinski definition) is 7. The van der Waals surface area contributed by atoms with Crippen LogP contribution in [0.5, 0.6) is 0 Å². The molecule has 0 heterocycles. The van der Waals surface area contributed by atoms with Gasteiger partial charge < -0.3 is 30.7 Å². The monoisotopic (exact) mass is 518 g/mol. The molecular formula is C26H38N4O7. The zero-order valence-electron chi connectivity index (χ0n) is 22.4. The summed E-state index contributed by atoms with van der Waals surface area (Å²) in [6.07, 6.45) is 0.260. The van der Waals surface area contributed by atoms with Gasteiger partial charge in [0.25, 0.3) is 0 Å². The van der Waals surface area contributed by atoms with Gasteiger partial charge in [-0.15, -0.1) is 0 Å². The molecule has 1 fully saturated rings. The fourth-order valence-corrected chi connectivity index (χ4v) is 3.86. The van der Waals surface area contributed by atoms with Gasteiger partial charge in [0.15, 0.2) is 0 Å². The normalized spacial score (nSPS) is 14.6. The largest absolute Gasteiger partial charge is 0.468 e. The van der Waals surface area contributed by atoms with Crippen molar-refractivity contribution in [1.29, 1.82) is 0 Å². The van der Waals surface area contributed by atoms with Crippen molar-refractivity contribution in [3.8, 4) is 0 Å². The number of carbonyl (C=O) groups excluding carboxylic acids is 5. The average molecular weight is 519 g/mol. The lowest BCUT2D eigenvalue weighted by Crippen LogP contribution is -2.54. The quantitative estimate of drug-likeness (QED) is 0.377. The fraction of sp³-hybridized carbons (Fsp3) is 0.577. The van der Waals surface area contributed by atoms with Crippen LogP contribution in [-0.4, -0.2) is 66.0 Å². The number of alkyl carbamates (subject to hydrolysis) is 1. The Morgan fingerprint density at radius 3 is 2.32 bits per heavy atom. The van der Waals surface area contributed by atoms with E-state index in [0.717, 1.165) is 11.1 Å². The van der Waals surface area contributed by atoms with E-state index in [1.165, 1.54) is 12.0 Å². The number of nitrogens with zero attached hydrogens (tertiary/aromatic N) is 1. The summed E-state index contributed by atoms with van der Waals surface area (Å²) < 4.78 is 9.95. The van der Waals surface area contributed by atoms with Crippen molar-refractivity contribution >= 4 is 29.8 Å². The molecule has 204 valence electrons. The van der Waals surface area contributed by atoms with Gasteiger partial charge in [-0.1, -0.05) is 18.2 Å². The van der Waals surface area contributed by atoms with E-state index in [1.807, 2.05) is 19.9 Å². The number of ether oxygens (including phenoxy) is 2. The average Bonchev–Trinajstić information content (AvgIpc) is 3.63. The molecule has 0 radical (unpaired) electrons. The first-order valence-electron chi connectivity index (χ1n) is 12.3. The third-order valence-corrected chi connectivity index (χ3v) is 5.97. The zero-order valence-corrected chi connectivity index (χ0v) is 22.4. The highest BCUT2D eigenvalue weighted by atomic mass is 16.6. The predicted molar refractivity (Wildman–Crippen MR) is 135 cm³/mol. The van der Waals surface area contributed by atoms with Gasteiger partial charge in [0, 0.05) is 12.5 Å². The van der Waals surface area contributed by atoms with Gasteiger partial charge in [-0.05, 0) is 70.6 Å². The molecule has 4 amide bonds. The van der Waals surface area contributed by atoms with Crippen LogP contribution in [0.2, 0.25) is 0 Å². The molecule has 1 aromatic rings. The van der Waals surface area contributed by atoms with Gasteiger partial charge in [0.2, 0.25) is 17.7 Å². The van der Waals surface area contributed by atoms with E-state index >= 15 is 0 Å². The van der Waals surface area contributed by atoms with E-state index in [-0.39, 0.29) is 25.4 Å². The minimum absolute atomic E-state index is 0.0695. The number of primary amides is 1. The van der Waals surface area contributed by atoms with E-state index in [1.54, 1.807) is 32.9 Å². The van der Waals surface area contributed by atoms with Crippen LogP contribution in [0.15, 0.2) is 18.2 Å². The second-order valence-corrected chi connectivity index (χ2v) is 10.2. The summed E-state index contributed by atoms with van der Waals surface area (Å²) in [6.45, 7) is 8.43. The van der Waals surface area contributed by atoms with Crippen molar-refractivity contribution in [3.63, 3.8) is 0 Å². The van der Waals surface area contributed by atoms with Crippen LogP contribution in [0.3, 0.4) is 0 Å². The van der Waals surface area contributed by atoms with Crippen LogP contribution in [-0.2, 0) is 28.7 Å². The molecule has 0 spiro atoms. The Morgan fingerprint density at radius 1 is 1.14 bits per heavy atom. The number of esters is 1. The highest BCUT2D eigenvalue weighted by Gasteiger charge is 2.44. The molecule has 2 atom stereocenters. The molecule has 0 aromatic heterocycles. The number of nitrogens with one attached hydrogen (secondary N) is 2. The lowest BCUT2D eigenvalue weighted by Gasteiger charge is -2.35. The van der Waals surface area contributed by atoms with Gasteiger partial charge in [0.05, 0.1) is 7.11 Å². The van der Waals surface area contributed by atoms with Crippen molar-refractivity contribution in [3.05, 3.63) is 34.9 Å². The lowest BCUT2D eigenvalue weighted by molar-refractivity contribution is -0.145. The van der Waals surface area contributed by atoms with Crippen molar-refractivity contribution < 1.29 is 33.4 Å². The summed E-state index contributed by atoms with van der Waals surface area (Å²) in [4.78, 5) is 64.7. The maximum Gasteiger partial charge on any atom is 0.408 e. The standard InChI is InChI=1S/C26H38N4O7/c1-15-8-7-9-18(16(15)2)22(23(33)28-14-21(32)36-6)30(17-10-11-17)24(34)19(12-13-20(27)31)29-25(35)37-26(3,4)5/h7-9,17,19,22H,10-14H2,1-6H3,(H2,27,31)(H,28,33)(H,29,35). The van der Waals surface area contributed by atoms with Gasteiger partial charge in [-0.3, -0.25) is 19.2 Å². The van der Waals surface area contributed by atoms with Crippen LogP contribution in [0, 0.1) is 13.8 Å². The Hall–Kier alpha value is -3.63. The molecule has 11 heteroatoms. The highest BCUT2D eigenvalue weighted by Crippen LogP contribution is 2.37. The zero-order chi connectivity index (χ0) is 27.9. The predicted octanol–water partition coefficient (Wildman–Crippen LogP) is 1.78. The smallest absolute Gasteiger partial charge is 0.408 e. The van der Waals surface area contributed by atoms with E-state index in [0.29, 0.717) is 18.4 Å². The first kappa shape index (κ1) is 29.6. The minimum Gasteiger partial charge on any atom is -0.468 e. The molecule has 1 aliphatic carbocycles. The first-order chi connectivity index (χ1) is 17.2. The topological polar surface area (TPSA) is 157 Å². The number of nitrogens with two attached hydrogens (primary N) is 1. The summed E-state index contributed by atoms with van der Waals surface area (Å²) in [5.74, 6) is -2.38. The second-order valence-electron chi connectivity index (χ2n) is 10.2. The number of rotatable bonds is 11. The molecule has 2 rings (SSSR count). The second kappa shape index (κ2) is 12.6. The maximum atomic E-state index is 14.0. The summed E-state index contributed by atoms with van der Waals surface area (Å²) in [5, 5.41) is 5.12. The maximum absolute atomic E-state index is 14.0. The molecule has 11 nitrogen and oxygen atoms in total. The highest BCUT2D eigenvalue weighted by molar-refractivity contribution is 5.94. The van der Waals surface area contributed by atoms with Gasteiger partial charge in [0.1, 0.15) is 24.2 Å². The molecule has 0 bridgehead atoms. The number of benzene rings is 1. The van der Waals surface area contributed by atoms with Crippen LogP contribution >= 0.6 is 0 Å². The lowest BCUT2D eigenvalue weighted by atomic mass is 9.94. The Labute approximate surface area is 217 Å². The Kier molecular flexibility index (Phi) is 10.0. The van der Waals surface area contributed by atoms with Crippen molar-refractivity contribution in [2.75, 3.05) is 13.7 Å². The third-order valence-electron chi connectivity index (χ3n) is 5.97. The summed E-state index contributed by atoms with van der Waals surface area (Å²) >= 11 is 0. The first-order valence-corrected chi connectivity index (χ1v) is 12.3. The molecule has 2 unspecified atom stereocenters. The molecule has 37 heavy (non-hydrogen) atoms. The Bertz CT molecular complexity index is 1030. The van der Waals surface area contributed by atoms with Crippen molar-refractivity contribution in [2.24, 2.45) is 5.73 Å². The van der Waals surface area contributed by atoms with Crippen LogP contribution < -0.4 is 16.4 Å². The number of hydrogen-bond donors (Lipinski definition) is 3. The molecule has 1 saturated carbocycles.